The second-order valence-electron chi connectivity index (χ2n) is 5.48. The van der Waals surface area contributed by atoms with E-state index in [4.69, 9.17) is 10.5 Å². The molecule has 6 heteroatoms. The maximum absolute atomic E-state index is 12.2. The Morgan fingerprint density at radius 2 is 1.96 bits per heavy atom. The van der Waals surface area contributed by atoms with Gasteiger partial charge in [0.05, 0.1) is 7.11 Å². The molecule has 2 aromatic carbocycles. The van der Waals surface area contributed by atoms with E-state index in [9.17, 15) is 15.0 Å². The smallest absolute Gasteiger partial charge is 0.329 e. The van der Waals surface area contributed by atoms with Gasteiger partial charge in [0.2, 0.25) is 0 Å². The number of carboxylic acids is 1. The number of hydrogen-bond acceptors (Lipinski definition) is 5. The van der Waals surface area contributed by atoms with Gasteiger partial charge in [-0.3, -0.25) is 0 Å². The summed E-state index contributed by atoms with van der Waals surface area (Å²) < 4.78 is 5.10. The number of carboxylic acid groups (broad SMARTS) is 1. The quantitative estimate of drug-likeness (QED) is 0.713. The number of thioether (sulfide) groups is 1. The average molecular weight is 347 g/mol. The number of aromatic hydroxyl groups is 1. The first-order valence-electron chi connectivity index (χ1n) is 7.38. The summed E-state index contributed by atoms with van der Waals surface area (Å²) in [4.78, 5) is 12.2. The minimum Gasteiger partial charge on any atom is -0.504 e. The lowest BCUT2D eigenvalue weighted by Gasteiger charge is -2.34. The zero-order valence-corrected chi connectivity index (χ0v) is 14.4. The van der Waals surface area contributed by atoms with Gasteiger partial charge in [0.25, 0.3) is 0 Å². The molecular formula is C18H21NO4S. The highest BCUT2D eigenvalue weighted by molar-refractivity contribution is 7.98. The van der Waals surface area contributed by atoms with Crippen molar-refractivity contribution >= 4 is 17.7 Å². The van der Waals surface area contributed by atoms with Crippen LogP contribution in [0.25, 0.3) is 0 Å². The van der Waals surface area contributed by atoms with Crippen molar-refractivity contribution in [3.63, 3.8) is 0 Å². The average Bonchev–Trinajstić information content (AvgIpc) is 2.60. The molecule has 2 aromatic rings. The number of rotatable bonds is 7. The molecule has 0 saturated heterocycles. The van der Waals surface area contributed by atoms with Crippen LogP contribution in [-0.4, -0.2) is 35.3 Å². The maximum Gasteiger partial charge on any atom is 0.329 e. The Morgan fingerprint density at radius 3 is 2.50 bits per heavy atom. The third-order valence-corrected chi connectivity index (χ3v) is 4.76. The molecule has 0 aromatic heterocycles. The zero-order valence-electron chi connectivity index (χ0n) is 13.6. The van der Waals surface area contributed by atoms with Crippen LogP contribution in [0.4, 0.5) is 0 Å². The normalized spacial score (nSPS) is 14.6. The summed E-state index contributed by atoms with van der Waals surface area (Å²) in [7, 11) is 1.41. The van der Waals surface area contributed by atoms with E-state index in [-0.39, 0.29) is 11.5 Å². The van der Waals surface area contributed by atoms with Crippen LogP contribution in [0.2, 0.25) is 0 Å². The molecule has 128 valence electrons. The third-order valence-electron chi connectivity index (χ3n) is 4.10. The molecule has 4 N–H and O–H groups in total. The van der Waals surface area contributed by atoms with Crippen LogP contribution in [0.5, 0.6) is 11.5 Å². The Balaban J connectivity index is 2.62. The summed E-state index contributed by atoms with van der Waals surface area (Å²) in [6.45, 7) is 0. The number of hydrogen-bond donors (Lipinski definition) is 3. The van der Waals surface area contributed by atoms with E-state index in [1.165, 1.54) is 37.1 Å². The molecule has 0 aliphatic carbocycles. The van der Waals surface area contributed by atoms with Crippen molar-refractivity contribution in [3.8, 4) is 11.5 Å². The van der Waals surface area contributed by atoms with E-state index in [2.05, 4.69) is 0 Å². The van der Waals surface area contributed by atoms with Crippen molar-refractivity contribution < 1.29 is 19.7 Å². The Bertz CT molecular complexity index is 707. The molecule has 0 radical (unpaired) electrons. The van der Waals surface area contributed by atoms with E-state index in [0.717, 1.165) is 5.56 Å². The zero-order chi connectivity index (χ0) is 17.7. The van der Waals surface area contributed by atoms with Crippen LogP contribution >= 0.6 is 11.8 Å². The number of phenolic OH excluding ortho intramolecular Hbond substituents is 1. The van der Waals surface area contributed by atoms with Crippen molar-refractivity contribution in [2.24, 2.45) is 5.73 Å². The first-order valence-corrected chi connectivity index (χ1v) is 8.78. The van der Waals surface area contributed by atoms with Crippen LogP contribution in [0.15, 0.2) is 48.5 Å². The summed E-state index contributed by atoms with van der Waals surface area (Å²) in [6.07, 6.45) is 1.91. The molecular weight excluding hydrogens is 326 g/mol. The molecule has 24 heavy (non-hydrogen) atoms. The van der Waals surface area contributed by atoms with Crippen molar-refractivity contribution in [2.45, 2.75) is 11.5 Å². The molecule has 2 atom stereocenters. The third kappa shape index (κ3) is 3.34. The minimum atomic E-state index is -1.65. The van der Waals surface area contributed by atoms with Crippen LogP contribution in [0, 0.1) is 0 Å². The monoisotopic (exact) mass is 347 g/mol. The highest BCUT2D eigenvalue weighted by atomic mass is 32.2. The van der Waals surface area contributed by atoms with E-state index in [1.54, 1.807) is 0 Å². The fraction of sp³-hybridized carbons (Fsp3) is 0.278. The summed E-state index contributed by atoms with van der Waals surface area (Å²) in [5, 5.41) is 19.7. The summed E-state index contributed by atoms with van der Waals surface area (Å²) >= 11 is 1.53. The molecule has 2 unspecified atom stereocenters. The molecule has 0 heterocycles. The molecule has 0 fully saturated rings. The lowest BCUT2D eigenvalue weighted by molar-refractivity contribution is -0.144. The second kappa shape index (κ2) is 7.59. The lowest BCUT2D eigenvalue weighted by Crippen LogP contribution is -2.50. The van der Waals surface area contributed by atoms with E-state index < -0.39 is 17.4 Å². The Labute approximate surface area is 145 Å². The van der Waals surface area contributed by atoms with Gasteiger partial charge in [-0.15, -0.1) is 0 Å². The fourth-order valence-corrected chi connectivity index (χ4v) is 3.54. The highest BCUT2D eigenvalue weighted by Gasteiger charge is 2.45. The molecule has 5 nitrogen and oxygen atoms in total. The largest absolute Gasteiger partial charge is 0.504 e. The van der Waals surface area contributed by atoms with Gasteiger partial charge in [-0.25, -0.2) is 4.79 Å². The van der Waals surface area contributed by atoms with Crippen LogP contribution in [0.1, 0.15) is 17.0 Å². The van der Waals surface area contributed by atoms with E-state index in [0.29, 0.717) is 11.3 Å². The number of benzene rings is 2. The van der Waals surface area contributed by atoms with Crippen molar-refractivity contribution in [1.29, 1.82) is 0 Å². The molecule has 0 aliphatic heterocycles. The van der Waals surface area contributed by atoms with Gasteiger partial charge in [0.1, 0.15) is 5.54 Å². The molecule has 0 bridgehead atoms. The van der Waals surface area contributed by atoms with Crippen LogP contribution in [0.3, 0.4) is 0 Å². The Hall–Kier alpha value is -2.18. The van der Waals surface area contributed by atoms with Gasteiger partial charge in [-0.05, 0) is 29.5 Å². The van der Waals surface area contributed by atoms with Gasteiger partial charge in [-0.2, -0.15) is 11.8 Å². The summed E-state index contributed by atoms with van der Waals surface area (Å²) in [6, 6.07) is 13.8. The van der Waals surface area contributed by atoms with Gasteiger partial charge in [-0.1, -0.05) is 36.4 Å². The molecule has 2 rings (SSSR count). The minimum absolute atomic E-state index is 0.0601. The maximum atomic E-state index is 12.2. The van der Waals surface area contributed by atoms with Gasteiger partial charge < -0.3 is 20.7 Å². The van der Waals surface area contributed by atoms with E-state index in [1.807, 2.05) is 36.6 Å². The van der Waals surface area contributed by atoms with Gasteiger partial charge in [0.15, 0.2) is 11.5 Å². The second-order valence-corrected chi connectivity index (χ2v) is 6.39. The lowest BCUT2D eigenvalue weighted by atomic mass is 9.76. The number of nitrogens with two attached hydrogens (primary N) is 1. The van der Waals surface area contributed by atoms with Gasteiger partial charge in [0, 0.05) is 11.7 Å². The topological polar surface area (TPSA) is 92.8 Å². The fourth-order valence-electron chi connectivity index (χ4n) is 2.75. The van der Waals surface area contributed by atoms with E-state index >= 15 is 0 Å². The van der Waals surface area contributed by atoms with Crippen LogP contribution < -0.4 is 10.5 Å². The summed E-state index contributed by atoms with van der Waals surface area (Å²) in [5.74, 6) is -0.899. The first-order chi connectivity index (χ1) is 11.4. The molecule has 0 spiro atoms. The van der Waals surface area contributed by atoms with Crippen LogP contribution in [-0.2, 0) is 10.3 Å². The van der Waals surface area contributed by atoms with Crippen molar-refractivity contribution in [3.05, 3.63) is 59.7 Å². The highest BCUT2D eigenvalue weighted by Crippen LogP contribution is 2.40. The predicted octanol–water partition coefficient (Wildman–Crippen LogP) is 2.79. The number of ether oxygens (including phenoxy) is 1. The molecule has 0 saturated carbocycles. The van der Waals surface area contributed by atoms with Gasteiger partial charge >= 0.3 is 5.97 Å². The molecule has 0 aliphatic rings. The molecule has 0 amide bonds. The number of aliphatic carboxylic acids is 1. The number of carbonyl (C=O) groups is 1. The first kappa shape index (κ1) is 18.2. The Kier molecular flexibility index (Phi) is 5.75. The SMILES string of the molecule is COc1cc(C(N)(C(=O)O)C(CSC)c2ccccc2)ccc1O. The standard InChI is InChI=1S/C18H21NO4S/c1-23-16-10-13(8-9-15(16)20)18(19,17(21)22)14(11-24-2)12-6-4-3-5-7-12/h3-10,14,20H,11,19H2,1-2H3,(H,21,22). The van der Waals surface area contributed by atoms with Crippen molar-refractivity contribution in [1.82, 2.24) is 0 Å². The van der Waals surface area contributed by atoms with Crippen molar-refractivity contribution in [2.75, 3.05) is 19.1 Å². The summed E-state index contributed by atoms with van der Waals surface area (Å²) in [5.41, 5.74) is 6.03. The predicted molar refractivity (Wildman–Crippen MR) is 95.7 cm³/mol. The number of phenols is 1. The Morgan fingerprint density at radius 1 is 1.29 bits per heavy atom. The number of methoxy groups -OCH3 is 1.